The van der Waals surface area contributed by atoms with Crippen LogP contribution in [0.1, 0.15) is 181 Å². The summed E-state index contributed by atoms with van der Waals surface area (Å²) < 4.78 is 0. The number of hydrogen-bond acceptors (Lipinski definition) is 3. The zero-order valence-corrected chi connectivity index (χ0v) is 27.0. The van der Waals surface area contributed by atoms with Crippen LogP contribution >= 0.6 is 0 Å². The Labute approximate surface area is 242 Å². The summed E-state index contributed by atoms with van der Waals surface area (Å²) in [6.07, 6.45) is 20.4. The van der Waals surface area contributed by atoms with Gasteiger partial charge in [-0.1, -0.05) is 157 Å². The van der Waals surface area contributed by atoms with E-state index in [0.717, 1.165) is 17.5 Å². The van der Waals surface area contributed by atoms with Crippen molar-refractivity contribution in [2.45, 2.75) is 175 Å². The summed E-state index contributed by atoms with van der Waals surface area (Å²) in [5.74, 6) is -0.165. The molecule has 0 bridgehead atoms. The van der Waals surface area contributed by atoms with Crippen LogP contribution in [-0.2, 0) is 15.6 Å². The van der Waals surface area contributed by atoms with Crippen LogP contribution in [0.25, 0.3) is 0 Å². The fraction of sp³-hybridized carbons (Fsp3) is 0.800. The first-order valence-corrected chi connectivity index (χ1v) is 16.0. The average Bonchev–Trinajstić information content (AvgIpc) is 2.85. The first-order valence-electron chi connectivity index (χ1n) is 16.0. The molecule has 0 amide bonds. The first-order chi connectivity index (χ1) is 18.3. The van der Waals surface area contributed by atoms with Crippen molar-refractivity contribution in [1.29, 1.82) is 0 Å². The van der Waals surface area contributed by atoms with Crippen molar-refractivity contribution in [3.63, 3.8) is 0 Å². The van der Waals surface area contributed by atoms with Gasteiger partial charge in [0.1, 0.15) is 5.75 Å². The van der Waals surface area contributed by atoms with Gasteiger partial charge in [0.15, 0.2) is 0 Å². The van der Waals surface area contributed by atoms with E-state index >= 15 is 0 Å². The van der Waals surface area contributed by atoms with Crippen LogP contribution in [0.3, 0.4) is 0 Å². The van der Waals surface area contributed by atoms with Crippen LogP contribution in [0, 0.1) is 0 Å². The highest BCUT2D eigenvalue weighted by Gasteiger charge is 2.28. The predicted molar refractivity (Wildman–Crippen MR) is 168 cm³/mol. The number of carboxylic acid groups (broad SMARTS) is 1. The van der Waals surface area contributed by atoms with E-state index in [0.29, 0.717) is 5.75 Å². The number of phenols is 1. The molecule has 3 N–H and O–H groups in total. The average molecular weight is 549 g/mol. The van der Waals surface area contributed by atoms with Crippen LogP contribution in [0.2, 0.25) is 0 Å². The van der Waals surface area contributed by atoms with Crippen LogP contribution in [0.15, 0.2) is 12.1 Å². The Hall–Kier alpha value is -1.55. The van der Waals surface area contributed by atoms with E-state index in [2.05, 4.69) is 60.6 Å². The molecule has 39 heavy (non-hydrogen) atoms. The molecule has 228 valence electrons. The molecule has 1 aromatic rings. The summed E-state index contributed by atoms with van der Waals surface area (Å²) in [5.41, 5.74) is 2.91. The summed E-state index contributed by atoms with van der Waals surface area (Å²) >= 11 is 0. The molecule has 4 nitrogen and oxygen atoms in total. The van der Waals surface area contributed by atoms with Gasteiger partial charge in [0.2, 0.25) is 0 Å². The van der Waals surface area contributed by atoms with Crippen molar-refractivity contribution in [2.75, 3.05) is 6.61 Å². The Morgan fingerprint density at radius 3 is 1.31 bits per heavy atom. The van der Waals surface area contributed by atoms with Crippen molar-refractivity contribution in [2.24, 2.45) is 0 Å². The molecule has 0 fully saturated rings. The molecule has 1 unspecified atom stereocenters. The quantitative estimate of drug-likeness (QED) is 0.159. The molecule has 0 aliphatic heterocycles. The third-order valence-corrected chi connectivity index (χ3v) is 7.65. The van der Waals surface area contributed by atoms with Crippen LogP contribution < -0.4 is 0 Å². The molecule has 0 aliphatic carbocycles. The molecule has 0 heterocycles. The standard InChI is InChI=1S/C32H58O2.C3H6O2/c1-8-9-10-11-12-13-14-15-16-17-18-19-20-21-22-26(25-33)27-23-28(31(2,3)4)30(34)29(24-27)32(5,6)7;1-2-3(4)5/h23-24,26,33-34H,8-22,25H2,1-7H3;2H2,1H3,(H,4,5). The van der Waals surface area contributed by atoms with Crippen molar-refractivity contribution in [1.82, 2.24) is 0 Å². The SMILES string of the molecule is CCC(=O)O.CCCCCCCCCCCCCCCCC(CO)c1cc(C(C)(C)C)c(O)c(C(C)(C)C)c1. The normalized spacial score (nSPS) is 12.6. The third-order valence-electron chi connectivity index (χ3n) is 7.65. The van der Waals surface area contributed by atoms with Gasteiger partial charge in [0.05, 0.1) is 0 Å². The lowest BCUT2D eigenvalue weighted by atomic mass is 9.76. The number of aromatic hydroxyl groups is 1. The molecular formula is C35H64O4. The number of carbonyl (C=O) groups is 1. The Balaban J connectivity index is 0.00000263. The second-order valence-electron chi connectivity index (χ2n) is 13.5. The van der Waals surface area contributed by atoms with Crippen LogP contribution in [0.5, 0.6) is 5.75 Å². The van der Waals surface area contributed by atoms with Gasteiger partial charge in [-0.3, -0.25) is 4.79 Å². The van der Waals surface area contributed by atoms with Gasteiger partial charge in [-0.25, -0.2) is 0 Å². The molecule has 0 radical (unpaired) electrons. The predicted octanol–water partition coefficient (Wildman–Crippen LogP) is 10.4. The molecule has 0 aromatic heterocycles. The highest BCUT2D eigenvalue weighted by molar-refractivity contribution is 5.66. The Morgan fingerprint density at radius 2 is 1.03 bits per heavy atom. The maximum Gasteiger partial charge on any atom is 0.303 e. The number of rotatable bonds is 18. The van der Waals surface area contributed by atoms with Crippen molar-refractivity contribution in [3.05, 3.63) is 28.8 Å². The molecule has 4 heteroatoms. The number of aliphatic hydroxyl groups is 1. The second-order valence-corrected chi connectivity index (χ2v) is 13.5. The maximum absolute atomic E-state index is 11.0. The van der Waals surface area contributed by atoms with Gasteiger partial charge < -0.3 is 15.3 Å². The number of carboxylic acids is 1. The second kappa shape index (κ2) is 20.3. The maximum atomic E-state index is 11.0. The molecular weight excluding hydrogens is 484 g/mol. The smallest absolute Gasteiger partial charge is 0.303 e. The van der Waals surface area contributed by atoms with Gasteiger partial charge in [0, 0.05) is 18.9 Å². The van der Waals surface area contributed by atoms with E-state index < -0.39 is 5.97 Å². The lowest BCUT2D eigenvalue weighted by Gasteiger charge is -2.29. The Morgan fingerprint density at radius 1 is 0.692 bits per heavy atom. The molecule has 0 aliphatic rings. The molecule has 1 aromatic carbocycles. The number of aliphatic hydroxyl groups excluding tert-OH is 1. The monoisotopic (exact) mass is 548 g/mol. The van der Waals surface area contributed by atoms with E-state index in [1.54, 1.807) is 6.92 Å². The van der Waals surface area contributed by atoms with E-state index in [1.807, 2.05) is 0 Å². The molecule has 0 saturated heterocycles. The number of benzene rings is 1. The Kier molecular flexibility index (Phi) is 19.5. The van der Waals surface area contributed by atoms with Gasteiger partial charge in [-0.05, 0) is 33.9 Å². The first kappa shape index (κ1) is 37.5. The van der Waals surface area contributed by atoms with Crippen molar-refractivity contribution >= 4 is 5.97 Å². The number of hydrogen-bond donors (Lipinski definition) is 3. The number of aliphatic carboxylic acids is 1. The van der Waals surface area contributed by atoms with E-state index in [1.165, 1.54) is 95.5 Å². The minimum absolute atomic E-state index is 0.130. The van der Waals surface area contributed by atoms with E-state index in [-0.39, 0.29) is 29.8 Å². The van der Waals surface area contributed by atoms with E-state index in [4.69, 9.17) is 5.11 Å². The lowest BCUT2D eigenvalue weighted by Crippen LogP contribution is -2.19. The van der Waals surface area contributed by atoms with Crippen LogP contribution in [0.4, 0.5) is 0 Å². The zero-order chi connectivity index (χ0) is 29.9. The minimum Gasteiger partial charge on any atom is -0.507 e. The summed E-state index contributed by atoms with van der Waals surface area (Å²) in [7, 11) is 0. The summed E-state index contributed by atoms with van der Waals surface area (Å²) in [5, 5.41) is 28.9. The van der Waals surface area contributed by atoms with E-state index in [9.17, 15) is 15.0 Å². The van der Waals surface area contributed by atoms with Gasteiger partial charge >= 0.3 is 5.97 Å². The van der Waals surface area contributed by atoms with Crippen molar-refractivity contribution in [3.8, 4) is 5.75 Å². The largest absolute Gasteiger partial charge is 0.507 e. The summed E-state index contributed by atoms with van der Waals surface area (Å²) in [4.78, 5) is 9.37. The fourth-order valence-corrected chi connectivity index (χ4v) is 4.98. The fourth-order valence-electron chi connectivity index (χ4n) is 4.98. The van der Waals surface area contributed by atoms with Gasteiger partial charge in [-0.15, -0.1) is 0 Å². The lowest BCUT2D eigenvalue weighted by molar-refractivity contribution is -0.136. The Bertz CT molecular complexity index is 735. The number of unbranched alkanes of at least 4 members (excludes halogenated alkanes) is 13. The molecule has 0 saturated carbocycles. The van der Waals surface area contributed by atoms with Crippen LogP contribution in [-0.4, -0.2) is 27.9 Å². The van der Waals surface area contributed by atoms with Gasteiger partial charge in [-0.2, -0.15) is 0 Å². The minimum atomic E-state index is -0.745. The zero-order valence-electron chi connectivity index (χ0n) is 27.0. The highest BCUT2D eigenvalue weighted by Crippen LogP contribution is 2.41. The summed E-state index contributed by atoms with van der Waals surface area (Å²) in [6, 6.07) is 4.30. The summed E-state index contributed by atoms with van der Waals surface area (Å²) in [6.45, 7) is 17.0. The molecule has 1 rings (SSSR count). The topological polar surface area (TPSA) is 77.8 Å². The van der Waals surface area contributed by atoms with Crippen molar-refractivity contribution < 1.29 is 20.1 Å². The highest BCUT2D eigenvalue weighted by atomic mass is 16.4. The molecule has 0 spiro atoms. The van der Waals surface area contributed by atoms with Gasteiger partial charge in [0.25, 0.3) is 0 Å². The number of phenolic OH excluding ortho intramolecular Hbond substituents is 1. The third kappa shape index (κ3) is 17.0. The molecule has 1 atom stereocenters.